The third-order valence-electron chi connectivity index (χ3n) is 4.97. The Hall–Kier alpha value is -2.54. The summed E-state index contributed by atoms with van der Waals surface area (Å²) in [6.07, 6.45) is 4.22. The Bertz CT molecular complexity index is 815. The Morgan fingerprint density at radius 3 is 2.29 bits per heavy atom. The number of benzene rings is 1. The smallest absolute Gasteiger partial charge is 0.407 e. The van der Waals surface area contributed by atoms with Crippen molar-refractivity contribution in [1.29, 1.82) is 0 Å². The van der Waals surface area contributed by atoms with E-state index in [2.05, 4.69) is 10.6 Å². The molecule has 1 fully saturated rings. The van der Waals surface area contributed by atoms with E-state index in [1.54, 1.807) is 58.0 Å². The van der Waals surface area contributed by atoms with E-state index >= 15 is 0 Å². The van der Waals surface area contributed by atoms with Crippen LogP contribution in [0.15, 0.2) is 30.3 Å². The summed E-state index contributed by atoms with van der Waals surface area (Å²) in [7, 11) is 3.43. The molecule has 2 N–H and O–H groups in total. The monoisotopic (exact) mass is 449 g/mol. The van der Waals surface area contributed by atoms with Gasteiger partial charge in [-0.2, -0.15) is 0 Å². The molecule has 0 spiro atoms. The normalized spacial score (nSPS) is 21.4. The minimum Gasteiger partial charge on any atom is -0.444 e. The molecule has 0 aliphatic heterocycles. The second kappa shape index (κ2) is 10.7. The molecule has 0 heterocycles. The number of carbonyl (C=O) groups is 3. The van der Waals surface area contributed by atoms with Crippen LogP contribution in [-0.4, -0.2) is 54.6 Å². The van der Waals surface area contributed by atoms with Gasteiger partial charge in [-0.25, -0.2) is 4.79 Å². The van der Waals surface area contributed by atoms with E-state index in [-0.39, 0.29) is 23.8 Å². The maximum Gasteiger partial charge on any atom is 0.407 e. The van der Waals surface area contributed by atoms with Gasteiger partial charge in [0.15, 0.2) is 0 Å². The Morgan fingerprint density at radius 1 is 1.06 bits per heavy atom. The maximum atomic E-state index is 12.5. The summed E-state index contributed by atoms with van der Waals surface area (Å²) in [5.41, 5.74) is 0.209. The van der Waals surface area contributed by atoms with E-state index in [4.69, 9.17) is 16.3 Å². The number of alkyl carbamates (subject to hydrolysis) is 1. The van der Waals surface area contributed by atoms with Gasteiger partial charge in [0, 0.05) is 37.2 Å². The molecule has 0 bridgehead atoms. The summed E-state index contributed by atoms with van der Waals surface area (Å²) >= 11 is 5.88. The quantitative estimate of drug-likeness (QED) is 0.672. The van der Waals surface area contributed by atoms with Crippen molar-refractivity contribution in [3.63, 3.8) is 0 Å². The van der Waals surface area contributed by atoms with Crippen molar-refractivity contribution >= 4 is 35.6 Å². The first kappa shape index (κ1) is 24.7. The van der Waals surface area contributed by atoms with Crippen LogP contribution in [-0.2, 0) is 14.3 Å². The van der Waals surface area contributed by atoms with Crippen molar-refractivity contribution in [1.82, 2.24) is 15.5 Å². The molecule has 8 heteroatoms. The first-order chi connectivity index (χ1) is 14.4. The van der Waals surface area contributed by atoms with E-state index in [9.17, 15) is 14.4 Å². The van der Waals surface area contributed by atoms with E-state index in [1.807, 2.05) is 12.1 Å². The highest BCUT2D eigenvalue weighted by Crippen LogP contribution is 2.27. The van der Waals surface area contributed by atoms with Crippen molar-refractivity contribution in [2.24, 2.45) is 5.92 Å². The number of rotatable bonds is 5. The van der Waals surface area contributed by atoms with Gasteiger partial charge in [-0.05, 0) is 63.8 Å². The lowest BCUT2D eigenvalue weighted by Gasteiger charge is -2.37. The van der Waals surface area contributed by atoms with Crippen molar-refractivity contribution < 1.29 is 19.1 Å². The molecule has 0 radical (unpaired) electrons. The van der Waals surface area contributed by atoms with Crippen LogP contribution in [0.4, 0.5) is 4.79 Å². The van der Waals surface area contributed by atoms with Crippen LogP contribution in [0.5, 0.6) is 0 Å². The van der Waals surface area contributed by atoms with Gasteiger partial charge < -0.3 is 20.3 Å². The fourth-order valence-electron chi connectivity index (χ4n) is 3.53. The van der Waals surface area contributed by atoms with E-state index < -0.39 is 17.7 Å². The molecule has 170 valence electrons. The van der Waals surface area contributed by atoms with Crippen LogP contribution in [0, 0.1) is 5.92 Å². The maximum absolute atomic E-state index is 12.5. The number of nitrogens with one attached hydrogen (secondary N) is 2. The molecule has 0 saturated heterocycles. The summed E-state index contributed by atoms with van der Waals surface area (Å²) in [5, 5.41) is 6.44. The molecular weight excluding hydrogens is 418 g/mol. The van der Waals surface area contributed by atoms with Gasteiger partial charge in [-0.3, -0.25) is 9.59 Å². The molecule has 0 aromatic heterocycles. The zero-order chi connectivity index (χ0) is 23.2. The largest absolute Gasteiger partial charge is 0.444 e. The van der Waals surface area contributed by atoms with E-state index in [0.717, 1.165) is 5.56 Å². The predicted octanol–water partition coefficient (Wildman–Crippen LogP) is 3.62. The lowest BCUT2D eigenvalue weighted by molar-refractivity contribution is -0.134. The fourth-order valence-corrected chi connectivity index (χ4v) is 3.65. The summed E-state index contributed by atoms with van der Waals surface area (Å²) in [5.74, 6) is -0.468. The molecule has 1 aliphatic carbocycles. The summed E-state index contributed by atoms with van der Waals surface area (Å²) in [4.78, 5) is 38.8. The van der Waals surface area contributed by atoms with Gasteiger partial charge in [-0.15, -0.1) is 0 Å². The second-order valence-corrected chi connectivity index (χ2v) is 9.43. The van der Waals surface area contributed by atoms with Crippen LogP contribution < -0.4 is 10.6 Å². The third-order valence-corrected chi connectivity index (χ3v) is 5.22. The van der Waals surface area contributed by atoms with Gasteiger partial charge in [0.2, 0.25) is 11.8 Å². The predicted molar refractivity (Wildman–Crippen MR) is 122 cm³/mol. The number of amides is 3. The van der Waals surface area contributed by atoms with Gasteiger partial charge in [0.05, 0.1) is 6.04 Å². The van der Waals surface area contributed by atoms with Gasteiger partial charge in [-0.1, -0.05) is 23.7 Å². The average Bonchev–Trinajstić information content (AvgIpc) is 2.66. The highest BCUT2D eigenvalue weighted by Gasteiger charge is 2.36. The van der Waals surface area contributed by atoms with E-state index in [1.165, 1.54) is 6.08 Å². The summed E-state index contributed by atoms with van der Waals surface area (Å²) in [6, 6.07) is 6.42. The van der Waals surface area contributed by atoms with Crippen LogP contribution in [0.2, 0.25) is 5.02 Å². The summed E-state index contributed by atoms with van der Waals surface area (Å²) in [6.45, 7) is 5.35. The van der Waals surface area contributed by atoms with Crippen molar-refractivity contribution in [2.45, 2.75) is 57.7 Å². The summed E-state index contributed by atoms with van der Waals surface area (Å²) < 4.78 is 5.37. The number of nitrogens with zero attached hydrogens (tertiary/aromatic N) is 1. The number of halogens is 1. The van der Waals surface area contributed by atoms with Gasteiger partial charge in [0.25, 0.3) is 0 Å². The topological polar surface area (TPSA) is 87.7 Å². The number of carbonyl (C=O) groups excluding carboxylic acids is 3. The Balaban J connectivity index is 2.06. The number of hydrogen-bond acceptors (Lipinski definition) is 4. The van der Waals surface area contributed by atoms with Crippen LogP contribution in [0.1, 0.15) is 45.6 Å². The lowest BCUT2D eigenvalue weighted by atomic mass is 9.81. The molecule has 1 saturated carbocycles. The second-order valence-electron chi connectivity index (χ2n) is 9.00. The molecule has 0 unspecified atom stereocenters. The van der Waals surface area contributed by atoms with Crippen LogP contribution in [0.3, 0.4) is 0 Å². The number of hydrogen-bond donors (Lipinski definition) is 2. The fraction of sp³-hybridized carbons (Fsp3) is 0.522. The lowest BCUT2D eigenvalue weighted by Crippen LogP contribution is -2.56. The number of ether oxygens (including phenoxy) is 1. The molecule has 3 amide bonds. The highest BCUT2D eigenvalue weighted by atomic mass is 35.5. The van der Waals surface area contributed by atoms with Crippen molar-refractivity contribution in [2.75, 3.05) is 14.1 Å². The molecule has 31 heavy (non-hydrogen) atoms. The molecule has 2 rings (SSSR count). The zero-order valence-electron chi connectivity index (χ0n) is 18.8. The molecule has 1 aliphatic rings. The zero-order valence-corrected chi connectivity index (χ0v) is 19.5. The molecule has 3 atom stereocenters. The molecule has 1 aromatic rings. The molecule has 1 aromatic carbocycles. The van der Waals surface area contributed by atoms with Gasteiger partial charge in [0.1, 0.15) is 5.60 Å². The minimum atomic E-state index is -0.641. The Kier molecular flexibility index (Phi) is 8.51. The first-order valence-corrected chi connectivity index (χ1v) is 10.8. The first-order valence-electron chi connectivity index (χ1n) is 10.4. The SMILES string of the molecule is CN(C)C(=O)[C@H]1CC[C@H](NC(=O)C=Cc2ccc(Cl)cc2)[C@H](NC(=O)OC(C)(C)C)C1. The third kappa shape index (κ3) is 8.25. The Morgan fingerprint density at radius 2 is 1.71 bits per heavy atom. The van der Waals surface area contributed by atoms with Crippen LogP contribution in [0.25, 0.3) is 6.08 Å². The Labute approximate surface area is 189 Å². The standard InChI is InChI=1S/C23H32ClN3O4/c1-23(2,3)31-22(30)26-19-14-16(21(29)27(4)5)9-12-18(19)25-20(28)13-8-15-6-10-17(24)11-7-15/h6-8,10-11,13,16,18-19H,9,12,14H2,1-5H3,(H,25,28)(H,26,30)/t16-,18-,19+/m0/s1. The molecule has 7 nitrogen and oxygen atoms in total. The highest BCUT2D eigenvalue weighted by molar-refractivity contribution is 6.30. The van der Waals surface area contributed by atoms with Crippen LogP contribution >= 0.6 is 11.6 Å². The molecular formula is C23H32ClN3O4. The average molecular weight is 450 g/mol. The minimum absolute atomic E-state index is 0.0170. The van der Waals surface area contributed by atoms with Gasteiger partial charge >= 0.3 is 6.09 Å². The van der Waals surface area contributed by atoms with Crippen molar-refractivity contribution in [3.8, 4) is 0 Å². The van der Waals surface area contributed by atoms with Crippen molar-refractivity contribution in [3.05, 3.63) is 40.9 Å². The van der Waals surface area contributed by atoms with E-state index in [0.29, 0.717) is 24.3 Å².